The SMILES string of the molecule is CCc1ccc(C2=CCc3cc(-c4cc(F)c(OC(F)(F)F)c(F)c4)c(F)cc3C2)cc1. The fraction of sp³-hybridized carbons (Fsp3) is 0.200. The molecule has 0 atom stereocenters. The minimum Gasteiger partial charge on any atom is -0.399 e. The Bertz CT molecular complexity index is 1170. The molecule has 4 rings (SSSR count). The highest BCUT2D eigenvalue weighted by molar-refractivity contribution is 5.73. The standard InChI is InChI=1S/C25H18F6O/c1-2-14-3-5-15(6-4-14)16-7-8-17-10-20(21(26)11-18(17)9-16)19-12-22(27)24(23(28)13-19)32-25(29,30)31/h3-7,10-13H,2,8-9H2,1H3. The Morgan fingerprint density at radius 2 is 1.47 bits per heavy atom. The first kappa shape index (κ1) is 22.0. The smallest absolute Gasteiger partial charge is 0.399 e. The second kappa shape index (κ2) is 8.37. The summed E-state index contributed by atoms with van der Waals surface area (Å²) in [5, 5.41) is 0. The van der Waals surface area contributed by atoms with E-state index in [4.69, 9.17) is 0 Å². The second-order valence-electron chi connectivity index (χ2n) is 7.58. The lowest BCUT2D eigenvalue weighted by atomic mass is 9.86. The van der Waals surface area contributed by atoms with Crippen molar-refractivity contribution in [3.05, 3.63) is 94.3 Å². The van der Waals surface area contributed by atoms with Crippen molar-refractivity contribution >= 4 is 5.57 Å². The van der Waals surface area contributed by atoms with Gasteiger partial charge in [-0.05, 0) is 76.9 Å². The summed E-state index contributed by atoms with van der Waals surface area (Å²) in [6, 6.07) is 12.2. The molecule has 0 N–H and O–H groups in total. The third-order valence-corrected chi connectivity index (χ3v) is 5.50. The lowest BCUT2D eigenvalue weighted by Crippen LogP contribution is -2.19. The highest BCUT2D eigenvalue weighted by atomic mass is 19.4. The lowest BCUT2D eigenvalue weighted by Gasteiger charge is -2.20. The molecule has 0 saturated carbocycles. The molecule has 32 heavy (non-hydrogen) atoms. The molecule has 0 radical (unpaired) electrons. The molecule has 0 spiro atoms. The Morgan fingerprint density at radius 1 is 0.812 bits per heavy atom. The average molecular weight is 448 g/mol. The Balaban J connectivity index is 1.64. The van der Waals surface area contributed by atoms with E-state index >= 15 is 0 Å². The van der Waals surface area contributed by atoms with Gasteiger partial charge < -0.3 is 4.74 Å². The van der Waals surface area contributed by atoms with Crippen molar-refractivity contribution in [2.45, 2.75) is 32.5 Å². The molecule has 3 aromatic carbocycles. The van der Waals surface area contributed by atoms with E-state index in [1.807, 2.05) is 30.3 Å². The minimum absolute atomic E-state index is 0.0933. The normalized spacial score (nSPS) is 13.5. The van der Waals surface area contributed by atoms with Crippen LogP contribution in [-0.2, 0) is 19.3 Å². The summed E-state index contributed by atoms with van der Waals surface area (Å²) in [5.74, 6) is -5.41. The molecule has 0 amide bonds. The van der Waals surface area contributed by atoms with Gasteiger partial charge in [0.1, 0.15) is 5.82 Å². The summed E-state index contributed by atoms with van der Waals surface area (Å²) in [7, 11) is 0. The van der Waals surface area contributed by atoms with Crippen LogP contribution >= 0.6 is 0 Å². The number of rotatable bonds is 4. The van der Waals surface area contributed by atoms with E-state index in [1.165, 1.54) is 17.7 Å². The second-order valence-corrected chi connectivity index (χ2v) is 7.58. The summed E-state index contributed by atoms with van der Waals surface area (Å²) in [6.07, 6.45) is -1.30. The number of alkyl halides is 3. The Hall–Kier alpha value is -3.22. The summed E-state index contributed by atoms with van der Waals surface area (Å²) in [5.41, 5.74) is 4.55. The summed E-state index contributed by atoms with van der Waals surface area (Å²) >= 11 is 0. The van der Waals surface area contributed by atoms with Crippen molar-refractivity contribution in [1.29, 1.82) is 0 Å². The van der Waals surface area contributed by atoms with Crippen molar-refractivity contribution in [1.82, 2.24) is 0 Å². The molecule has 0 heterocycles. The molecular weight excluding hydrogens is 430 g/mol. The molecule has 0 fully saturated rings. The molecule has 0 saturated heterocycles. The van der Waals surface area contributed by atoms with Crippen LogP contribution in [0.2, 0.25) is 0 Å². The fourth-order valence-electron chi connectivity index (χ4n) is 3.85. The molecule has 0 unspecified atom stereocenters. The predicted molar refractivity (Wildman–Crippen MR) is 110 cm³/mol. The summed E-state index contributed by atoms with van der Waals surface area (Å²) in [4.78, 5) is 0. The largest absolute Gasteiger partial charge is 0.573 e. The molecule has 0 bridgehead atoms. The molecule has 3 aromatic rings. The van der Waals surface area contributed by atoms with Gasteiger partial charge in [-0.25, -0.2) is 13.2 Å². The molecule has 1 aliphatic carbocycles. The van der Waals surface area contributed by atoms with E-state index in [2.05, 4.69) is 11.7 Å². The highest BCUT2D eigenvalue weighted by Crippen LogP contribution is 2.36. The predicted octanol–water partition coefficient (Wildman–Crippen LogP) is 7.41. The zero-order valence-electron chi connectivity index (χ0n) is 17.0. The van der Waals surface area contributed by atoms with Crippen LogP contribution in [0.5, 0.6) is 5.75 Å². The van der Waals surface area contributed by atoms with E-state index in [0.717, 1.165) is 28.7 Å². The Morgan fingerprint density at radius 3 is 2.06 bits per heavy atom. The molecule has 0 aromatic heterocycles. The van der Waals surface area contributed by atoms with Gasteiger partial charge in [0.15, 0.2) is 11.6 Å². The molecule has 166 valence electrons. The van der Waals surface area contributed by atoms with Gasteiger partial charge in [-0.1, -0.05) is 37.3 Å². The van der Waals surface area contributed by atoms with Crippen LogP contribution in [0.3, 0.4) is 0 Å². The topological polar surface area (TPSA) is 9.23 Å². The van der Waals surface area contributed by atoms with Crippen molar-refractivity contribution in [2.75, 3.05) is 0 Å². The first-order chi connectivity index (χ1) is 15.1. The van der Waals surface area contributed by atoms with Crippen LogP contribution in [0.15, 0.2) is 54.6 Å². The van der Waals surface area contributed by atoms with Crippen LogP contribution < -0.4 is 4.74 Å². The van der Waals surface area contributed by atoms with Crippen molar-refractivity contribution in [3.63, 3.8) is 0 Å². The van der Waals surface area contributed by atoms with Crippen LogP contribution in [0.1, 0.15) is 29.2 Å². The van der Waals surface area contributed by atoms with E-state index in [9.17, 15) is 26.3 Å². The van der Waals surface area contributed by atoms with Crippen LogP contribution in [0.4, 0.5) is 26.3 Å². The van der Waals surface area contributed by atoms with Gasteiger partial charge in [-0.15, -0.1) is 13.2 Å². The molecule has 7 heteroatoms. The number of ether oxygens (including phenoxy) is 1. The average Bonchev–Trinajstić information content (AvgIpc) is 2.74. The molecule has 1 aliphatic rings. The van der Waals surface area contributed by atoms with Gasteiger partial charge in [0.25, 0.3) is 0 Å². The number of aryl methyl sites for hydroxylation is 1. The van der Waals surface area contributed by atoms with Gasteiger partial charge in [-0.3, -0.25) is 0 Å². The van der Waals surface area contributed by atoms with Crippen molar-refractivity contribution < 1.29 is 31.1 Å². The van der Waals surface area contributed by atoms with Crippen LogP contribution in [0, 0.1) is 17.5 Å². The van der Waals surface area contributed by atoms with Gasteiger partial charge >= 0.3 is 6.36 Å². The van der Waals surface area contributed by atoms with Gasteiger partial charge in [0, 0.05) is 5.56 Å². The Labute approximate surface area is 181 Å². The third-order valence-electron chi connectivity index (χ3n) is 5.50. The number of halogens is 6. The number of hydrogen-bond donors (Lipinski definition) is 0. The maximum absolute atomic E-state index is 14.9. The summed E-state index contributed by atoms with van der Waals surface area (Å²) < 4.78 is 83.5. The number of hydrogen-bond acceptors (Lipinski definition) is 1. The van der Waals surface area contributed by atoms with E-state index in [0.29, 0.717) is 25.0 Å². The van der Waals surface area contributed by atoms with Crippen LogP contribution in [-0.4, -0.2) is 6.36 Å². The zero-order chi connectivity index (χ0) is 23.0. The third kappa shape index (κ3) is 4.52. The number of fused-ring (bicyclic) bond motifs is 1. The van der Waals surface area contributed by atoms with Crippen molar-refractivity contribution in [2.24, 2.45) is 0 Å². The van der Waals surface area contributed by atoms with Gasteiger partial charge in [0.2, 0.25) is 5.75 Å². The quantitative estimate of drug-likeness (QED) is 0.378. The van der Waals surface area contributed by atoms with Gasteiger partial charge in [-0.2, -0.15) is 0 Å². The first-order valence-corrected chi connectivity index (χ1v) is 9.99. The fourth-order valence-corrected chi connectivity index (χ4v) is 3.85. The van der Waals surface area contributed by atoms with E-state index < -0.39 is 29.6 Å². The Kier molecular flexibility index (Phi) is 5.75. The molecule has 1 nitrogen and oxygen atoms in total. The zero-order valence-corrected chi connectivity index (χ0v) is 17.0. The maximum atomic E-state index is 14.9. The van der Waals surface area contributed by atoms with Crippen LogP contribution in [0.25, 0.3) is 16.7 Å². The highest BCUT2D eigenvalue weighted by Gasteiger charge is 2.34. The number of allylic oxidation sites excluding steroid dienone is 2. The van der Waals surface area contributed by atoms with Gasteiger partial charge in [0.05, 0.1) is 0 Å². The summed E-state index contributed by atoms with van der Waals surface area (Å²) in [6.45, 7) is 2.07. The first-order valence-electron chi connectivity index (χ1n) is 9.99. The maximum Gasteiger partial charge on any atom is 0.573 e. The lowest BCUT2D eigenvalue weighted by molar-refractivity contribution is -0.276. The van der Waals surface area contributed by atoms with E-state index in [-0.39, 0.29) is 11.1 Å². The van der Waals surface area contributed by atoms with Crippen molar-refractivity contribution in [3.8, 4) is 16.9 Å². The monoisotopic (exact) mass is 448 g/mol. The molecule has 0 aliphatic heterocycles. The van der Waals surface area contributed by atoms with E-state index in [1.54, 1.807) is 0 Å². The number of benzene rings is 3. The minimum atomic E-state index is -5.25. The molecular formula is C25H18F6O.